The van der Waals surface area contributed by atoms with Crippen molar-refractivity contribution in [2.45, 2.75) is 134 Å². The summed E-state index contributed by atoms with van der Waals surface area (Å²) in [6.45, 7) is 9.95. The van der Waals surface area contributed by atoms with Crippen LogP contribution < -0.4 is 0 Å². The predicted octanol–water partition coefficient (Wildman–Crippen LogP) is 1.54. The summed E-state index contributed by atoms with van der Waals surface area (Å²) in [5, 5.41) is 66.4. The maximum atomic E-state index is 13.4. The molecule has 0 bridgehead atoms. The Bertz CT molecular complexity index is 1020. The lowest BCUT2D eigenvalue weighted by molar-refractivity contribution is -0.216. The van der Waals surface area contributed by atoms with Crippen molar-refractivity contribution in [2.75, 3.05) is 0 Å². The Hall–Kier alpha value is -1.36. The third kappa shape index (κ3) is 4.11. The summed E-state index contributed by atoms with van der Waals surface area (Å²) in [4.78, 5) is 25.7. The van der Waals surface area contributed by atoms with Gasteiger partial charge >= 0.3 is 5.97 Å². The van der Waals surface area contributed by atoms with Gasteiger partial charge < -0.3 is 35.4 Å². The van der Waals surface area contributed by atoms with Crippen LogP contribution in [0.1, 0.15) is 92.9 Å². The van der Waals surface area contributed by atoms with Crippen molar-refractivity contribution < 1.29 is 45.0 Å². The topological polar surface area (TPSA) is 165 Å². The second-order valence-electron chi connectivity index (χ2n) is 13.9. The van der Waals surface area contributed by atoms with Gasteiger partial charge in [-0.15, -0.1) is 0 Å². The smallest absolute Gasteiger partial charge is 0.303 e. The number of hydrogen-bond acceptors (Lipinski definition) is 9. The minimum Gasteiger partial charge on any atom is -0.456 e. The van der Waals surface area contributed by atoms with Crippen molar-refractivity contribution in [3.63, 3.8) is 0 Å². The molecule has 0 aromatic carbocycles. The summed E-state index contributed by atoms with van der Waals surface area (Å²) in [5.41, 5.74) is -7.10. The molecule has 10 unspecified atom stereocenters. The molecule has 0 radical (unpaired) electrons. The molecule has 0 aromatic heterocycles. The van der Waals surface area contributed by atoms with Crippen LogP contribution in [0.4, 0.5) is 0 Å². The third-order valence-corrected chi connectivity index (χ3v) is 11.1. The Morgan fingerprint density at radius 1 is 1.05 bits per heavy atom. The Balaban J connectivity index is 1.75. The molecule has 0 aromatic rings. The Kier molecular flexibility index (Phi) is 7.07. The van der Waals surface area contributed by atoms with Crippen molar-refractivity contribution in [1.29, 1.82) is 0 Å². The van der Waals surface area contributed by atoms with Gasteiger partial charge in [0.25, 0.3) is 0 Å². The van der Waals surface area contributed by atoms with Gasteiger partial charge in [0.15, 0.2) is 5.78 Å². The molecule has 0 spiro atoms. The number of esters is 1. The van der Waals surface area contributed by atoms with Crippen LogP contribution in [0.15, 0.2) is 11.6 Å². The van der Waals surface area contributed by atoms with Crippen LogP contribution in [0, 0.1) is 22.7 Å². The first-order valence-corrected chi connectivity index (χ1v) is 13.9. The van der Waals surface area contributed by atoms with Gasteiger partial charge in [0.2, 0.25) is 0 Å². The molecule has 6 N–H and O–H groups in total. The van der Waals surface area contributed by atoms with Crippen molar-refractivity contribution in [2.24, 2.45) is 22.7 Å². The van der Waals surface area contributed by atoms with Gasteiger partial charge in [-0.05, 0) is 83.3 Å². The van der Waals surface area contributed by atoms with Gasteiger partial charge in [-0.3, -0.25) is 9.59 Å². The summed E-state index contributed by atoms with van der Waals surface area (Å²) in [5.74, 6) is -1.98. The molecule has 3 saturated carbocycles. The number of aliphatic hydroxyl groups is 6. The first-order chi connectivity index (χ1) is 17.3. The predicted molar refractivity (Wildman–Crippen MR) is 138 cm³/mol. The molecule has 10 atom stereocenters. The second kappa shape index (κ2) is 9.08. The van der Waals surface area contributed by atoms with Crippen LogP contribution >= 0.6 is 0 Å². The minimum atomic E-state index is -1.85. The first-order valence-electron chi connectivity index (χ1n) is 13.9. The molecule has 9 heteroatoms. The van der Waals surface area contributed by atoms with Crippen LogP contribution in [0.25, 0.3) is 0 Å². The van der Waals surface area contributed by atoms with E-state index in [9.17, 15) is 40.2 Å². The fourth-order valence-corrected chi connectivity index (χ4v) is 8.73. The van der Waals surface area contributed by atoms with Crippen LogP contribution in [0.5, 0.6) is 0 Å². The minimum absolute atomic E-state index is 0.0233. The lowest BCUT2D eigenvalue weighted by Crippen LogP contribution is -2.69. The lowest BCUT2D eigenvalue weighted by atomic mass is 9.44. The average Bonchev–Trinajstić information content (AvgIpc) is 3.06. The summed E-state index contributed by atoms with van der Waals surface area (Å²) in [7, 11) is 0. The van der Waals surface area contributed by atoms with Gasteiger partial charge in [0.05, 0.1) is 29.5 Å². The summed E-state index contributed by atoms with van der Waals surface area (Å²) in [6, 6.07) is 0. The van der Waals surface area contributed by atoms with E-state index in [1.54, 1.807) is 27.7 Å². The number of carbonyl (C=O) groups excluding carboxylic acids is 2. The standard InChI is InChI=1S/C29H46O9/c1-16(30)38-27(6,22(33)9-10-24(2,3)35)21-8-12-28(36)18-13-23(34)29(37)15-20(32)19(31)14-26(29,5)17(18)7-11-25(21,28)4/h13,17,19-22,31-33,35-37H,7-12,14-15H2,1-6H3. The van der Waals surface area contributed by atoms with Gasteiger partial charge in [-0.2, -0.15) is 0 Å². The average molecular weight is 539 g/mol. The first kappa shape index (κ1) is 29.6. The molecule has 4 aliphatic rings. The maximum absolute atomic E-state index is 13.4. The normalized spacial score (nSPS) is 45.3. The number of ketones is 1. The van der Waals surface area contributed by atoms with Crippen molar-refractivity contribution in [3.05, 3.63) is 11.6 Å². The van der Waals surface area contributed by atoms with E-state index in [1.165, 1.54) is 13.0 Å². The Morgan fingerprint density at radius 3 is 2.24 bits per heavy atom. The number of hydrogen-bond donors (Lipinski definition) is 6. The van der Waals surface area contributed by atoms with Gasteiger partial charge in [0.1, 0.15) is 11.2 Å². The zero-order chi connectivity index (χ0) is 28.7. The van der Waals surface area contributed by atoms with E-state index in [4.69, 9.17) is 4.74 Å². The highest BCUT2D eigenvalue weighted by atomic mass is 16.6. The Morgan fingerprint density at radius 2 is 1.66 bits per heavy atom. The molecule has 4 aliphatic carbocycles. The molecular weight excluding hydrogens is 492 g/mol. The van der Waals surface area contributed by atoms with Crippen molar-refractivity contribution in [1.82, 2.24) is 0 Å². The van der Waals surface area contributed by atoms with Crippen LogP contribution in [0.2, 0.25) is 0 Å². The molecule has 216 valence electrons. The number of carbonyl (C=O) groups is 2. The SMILES string of the molecule is CC(=O)OC(C)(C(O)CCC(C)(C)O)C1CCC2(O)C3=CC(=O)C4(O)CC(O)C(O)CC4(C)C3CCC12C. The largest absolute Gasteiger partial charge is 0.456 e. The van der Waals surface area contributed by atoms with Crippen molar-refractivity contribution in [3.8, 4) is 0 Å². The van der Waals surface area contributed by atoms with E-state index in [0.29, 0.717) is 24.8 Å². The molecule has 0 aliphatic heterocycles. The number of ether oxygens (including phenoxy) is 1. The quantitative estimate of drug-likeness (QED) is 0.275. The maximum Gasteiger partial charge on any atom is 0.303 e. The van der Waals surface area contributed by atoms with Crippen LogP contribution in [-0.2, 0) is 14.3 Å². The molecule has 4 rings (SSSR count). The molecule has 38 heavy (non-hydrogen) atoms. The fraction of sp³-hybridized carbons (Fsp3) is 0.862. The van der Waals surface area contributed by atoms with Crippen LogP contribution in [-0.4, -0.2) is 83.1 Å². The Labute approximate surface area is 224 Å². The van der Waals surface area contributed by atoms with E-state index >= 15 is 0 Å². The highest BCUT2D eigenvalue weighted by Crippen LogP contribution is 2.69. The van der Waals surface area contributed by atoms with E-state index in [1.807, 2.05) is 6.92 Å². The number of fused-ring (bicyclic) bond motifs is 5. The van der Waals surface area contributed by atoms with E-state index in [2.05, 4.69) is 0 Å². The number of rotatable bonds is 6. The molecule has 9 nitrogen and oxygen atoms in total. The summed E-state index contributed by atoms with van der Waals surface area (Å²) in [6.07, 6.45) is -0.136. The highest BCUT2D eigenvalue weighted by molar-refractivity contribution is 6.00. The van der Waals surface area contributed by atoms with E-state index in [0.717, 1.165) is 0 Å². The number of aliphatic hydroxyl groups excluding tert-OH is 3. The summed E-state index contributed by atoms with van der Waals surface area (Å²) >= 11 is 0. The third-order valence-electron chi connectivity index (χ3n) is 11.1. The fourth-order valence-electron chi connectivity index (χ4n) is 8.73. The van der Waals surface area contributed by atoms with Gasteiger partial charge in [0, 0.05) is 30.1 Å². The second-order valence-corrected chi connectivity index (χ2v) is 13.9. The van der Waals surface area contributed by atoms with E-state index in [-0.39, 0.29) is 32.1 Å². The molecule has 0 amide bonds. The van der Waals surface area contributed by atoms with E-state index < -0.39 is 75.1 Å². The lowest BCUT2D eigenvalue weighted by Gasteiger charge is -2.63. The molecule has 3 fully saturated rings. The van der Waals surface area contributed by atoms with Gasteiger partial charge in [-0.1, -0.05) is 13.8 Å². The molecule has 0 saturated heterocycles. The highest BCUT2D eigenvalue weighted by Gasteiger charge is 2.72. The summed E-state index contributed by atoms with van der Waals surface area (Å²) < 4.78 is 5.84. The monoisotopic (exact) mass is 538 g/mol. The van der Waals surface area contributed by atoms with Gasteiger partial charge in [-0.25, -0.2) is 0 Å². The molecular formula is C29H46O9. The van der Waals surface area contributed by atoms with Crippen molar-refractivity contribution >= 4 is 11.8 Å². The zero-order valence-electron chi connectivity index (χ0n) is 23.5. The van der Waals surface area contributed by atoms with Crippen LogP contribution in [0.3, 0.4) is 0 Å². The molecule has 0 heterocycles. The zero-order valence-corrected chi connectivity index (χ0v) is 23.5.